The molecule has 0 N–H and O–H groups in total. The van der Waals surface area contributed by atoms with Crippen molar-refractivity contribution in [1.82, 2.24) is 4.90 Å². The average Bonchev–Trinajstić information content (AvgIpc) is 2.63. The Morgan fingerprint density at radius 3 is 1.91 bits per heavy atom. The monoisotopic (exact) mass is 167 g/mol. The molecule has 1 fully saturated rings. The van der Waals surface area contributed by atoms with Crippen molar-refractivity contribution in [2.24, 2.45) is 0 Å². The van der Waals surface area contributed by atoms with Gasteiger partial charge in [-0.15, -0.1) is 0 Å². The number of rotatable bonds is 2. The van der Waals surface area contributed by atoms with Crippen molar-refractivity contribution in [3.05, 3.63) is 0 Å². The molecular formula is C7H12F3N. The van der Waals surface area contributed by atoms with Crippen LogP contribution in [-0.2, 0) is 0 Å². The number of hydrogen-bond acceptors (Lipinski definition) is 1. The summed E-state index contributed by atoms with van der Waals surface area (Å²) >= 11 is 0. The van der Waals surface area contributed by atoms with Crippen LogP contribution >= 0.6 is 0 Å². The molecule has 1 saturated carbocycles. The third-order valence-electron chi connectivity index (χ3n) is 2.46. The third-order valence-corrected chi connectivity index (χ3v) is 2.46. The molecule has 66 valence electrons. The summed E-state index contributed by atoms with van der Waals surface area (Å²) in [7, 11) is 1.53. The molecule has 0 aromatic rings. The van der Waals surface area contributed by atoms with E-state index in [9.17, 15) is 13.2 Å². The van der Waals surface area contributed by atoms with Gasteiger partial charge in [0.1, 0.15) is 5.54 Å². The minimum Gasteiger partial charge on any atom is -0.293 e. The fraction of sp³-hybridized carbons (Fsp3) is 1.00. The minimum absolute atomic E-state index is 0.265. The van der Waals surface area contributed by atoms with E-state index in [1.54, 1.807) is 6.92 Å². The van der Waals surface area contributed by atoms with Crippen LogP contribution in [0.1, 0.15) is 19.8 Å². The lowest BCUT2D eigenvalue weighted by atomic mass is 10.2. The highest BCUT2D eigenvalue weighted by atomic mass is 19.4. The second kappa shape index (κ2) is 2.37. The van der Waals surface area contributed by atoms with Crippen molar-refractivity contribution in [3.63, 3.8) is 0 Å². The molecule has 0 spiro atoms. The van der Waals surface area contributed by atoms with E-state index in [2.05, 4.69) is 0 Å². The van der Waals surface area contributed by atoms with Gasteiger partial charge in [-0.05, 0) is 26.4 Å². The summed E-state index contributed by atoms with van der Waals surface area (Å²) in [5.74, 6) is 0. The van der Waals surface area contributed by atoms with E-state index in [1.807, 2.05) is 0 Å². The van der Waals surface area contributed by atoms with Gasteiger partial charge < -0.3 is 0 Å². The fourth-order valence-corrected chi connectivity index (χ4v) is 1.30. The fourth-order valence-electron chi connectivity index (χ4n) is 1.30. The highest BCUT2D eigenvalue weighted by Crippen LogP contribution is 2.52. The molecule has 0 heterocycles. The second-order valence-corrected chi connectivity index (χ2v) is 3.04. The normalized spacial score (nSPS) is 22.4. The van der Waals surface area contributed by atoms with Crippen LogP contribution in [0.2, 0.25) is 0 Å². The molecule has 1 rings (SSSR count). The van der Waals surface area contributed by atoms with Crippen LogP contribution in [0.15, 0.2) is 0 Å². The lowest BCUT2D eigenvalue weighted by molar-refractivity contribution is -0.192. The van der Waals surface area contributed by atoms with E-state index in [0.717, 1.165) is 0 Å². The third kappa shape index (κ3) is 1.24. The maximum Gasteiger partial charge on any atom is 0.406 e. The summed E-state index contributed by atoms with van der Waals surface area (Å²) in [6.45, 7) is 2.20. The smallest absolute Gasteiger partial charge is 0.293 e. The molecule has 0 aliphatic heterocycles. The Morgan fingerprint density at radius 2 is 1.82 bits per heavy atom. The van der Waals surface area contributed by atoms with Gasteiger partial charge >= 0.3 is 6.18 Å². The van der Waals surface area contributed by atoms with Crippen LogP contribution in [0.3, 0.4) is 0 Å². The van der Waals surface area contributed by atoms with Crippen LogP contribution in [0.4, 0.5) is 13.2 Å². The molecule has 4 heteroatoms. The number of halogens is 3. The largest absolute Gasteiger partial charge is 0.406 e. The first-order chi connectivity index (χ1) is 4.94. The topological polar surface area (TPSA) is 3.24 Å². The van der Waals surface area contributed by atoms with Gasteiger partial charge in [0, 0.05) is 0 Å². The van der Waals surface area contributed by atoms with Crippen molar-refractivity contribution in [2.45, 2.75) is 31.5 Å². The Kier molecular flexibility index (Phi) is 1.90. The predicted molar refractivity (Wildman–Crippen MR) is 36.3 cm³/mol. The van der Waals surface area contributed by atoms with E-state index >= 15 is 0 Å². The van der Waals surface area contributed by atoms with E-state index in [4.69, 9.17) is 0 Å². The van der Waals surface area contributed by atoms with Crippen molar-refractivity contribution < 1.29 is 13.2 Å². The molecule has 0 saturated heterocycles. The Hall–Kier alpha value is -0.250. The Bertz CT molecular complexity index is 148. The predicted octanol–water partition coefficient (Wildman–Crippen LogP) is 2.03. The quantitative estimate of drug-likeness (QED) is 0.608. The minimum atomic E-state index is -4.04. The van der Waals surface area contributed by atoms with E-state index in [0.29, 0.717) is 6.54 Å². The molecular weight excluding hydrogens is 155 g/mol. The zero-order valence-corrected chi connectivity index (χ0v) is 6.70. The molecule has 0 unspecified atom stereocenters. The van der Waals surface area contributed by atoms with Crippen LogP contribution in [0.25, 0.3) is 0 Å². The van der Waals surface area contributed by atoms with Gasteiger partial charge in [0.05, 0.1) is 0 Å². The van der Waals surface area contributed by atoms with Crippen molar-refractivity contribution in [2.75, 3.05) is 13.6 Å². The lowest BCUT2D eigenvalue weighted by Gasteiger charge is -2.28. The van der Waals surface area contributed by atoms with Gasteiger partial charge in [0.2, 0.25) is 0 Å². The van der Waals surface area contributed by atoms with Gasteiger partial charge in [-0.2, -0.15) is 13.2 Å². The van der Waals surface area contributed by atoms with Crippen molar-refractivity contribution >= 4 is 0 Å². The highest BCUT2D eigenvalue weighted by molar-refractivity contribution is 5.08. The van der Waals surface area contributed by atoms with Crippen molar-refractivity contribution in [3.8, 4) is 0 Å². The molecule has 0 radical (unpaired) electrons. The Balaban J connectivity index is 2.68. The van der Waals surface area contributed by atoms with Crippen LogP contribution in [0, 0.1) is 0 Å². The second-order valence-electron chi connectivity index (χ2n) is 3.04. The summed E-state index contributed by atoms with van der Waals surface area (Å²) in [6, 6.07) is 0. The van der Waals surface area contributed by atoms with E-state index in [-0.39, 0.29) is 12.8 Å². The molecule has 1 nitrogen and oxygen atoms in total. The van der Waals surface area contributed by atoms with Crippen LogP contribution in [0.5, 0.6) is 0 Å². The van der Waals surface area contributed by atoms with Crippen LogP contribution in [-0.4, -0.2) is 30.2 Å². The summed E-state index contributed by atoms with van der Waals surface area (Å²) in [6.07, 6.45) is -3.51. The first kappa shape index (κ1) is 8.84. The van der Waals surface area contributed by atoms with Gasteiger partial charge in [-0.1, -0.05) is 6.92 Å². The first-order valence-electron chi connectivity index (χ1n) is 3.72. The highest BCUT2D eigenvalue weighted by Gasteiger charge is 2.65. The molecule has 1 aliphatic rings. The summed E-state index contributed by atoms with van der Waals surface area (Å²) < 4.78 is 36.9. The van der Waals surface area contributed by atoms with E-state index < -0.39 is 11.7 Å². The van der Waals surface area contributed by atoms with Gasteiger partial charge in [0.15, 0.2) is 0 Å². The summed E-state index contributed by atoms with van der Waals surface area (Å²) in [4.78, 5) is 1.38. The van der Waals surface area contributed by atoms with Gasteiger partial charge in [-0.25, -0.2) is 0 Å². The Morgan fingerprint density at radius 1 is 1.36 bits per heavy atom. The van der Waals surface area contributed by atoms with Gasteiger partial charge in [-0.3, -0.25) is 4.90 Å². The maximum absolute atomic E-state index is 12.3. The summed E-state index contributed by atoms with van der Waals surface area (Å²) in [5.41, 5.74) is -1.47. The number of alkyl halides is 3. The SMILES string of the molecule is CCN(C)C1(C(F)(F)F)CC1. The number of nitrogens with zero attached hydrogens (tertiary/aromatic N) is 1. The Labute approximate surface area is 64.2 Å². The van der Waals surface area contributed by atoms with Crippen LogP contribution < -0.4 is 0 Å². The zero-order valence-electron chi connectivity index (χ0n) is 6.70. The molecule has 0 aromatic carbocycles. The maximum atomic E-state index is 12.3. The molecule has 11 heavy (non-hydrogen) atoms. The van der Waals surface area contributed by atoms with Crippen molar-refractivity contribution in [1.29, 1.82) is 0 Å². The lowest BCUT2D eigenvalue weighted by Crippen LogP contribution is -2.45. The number of hydrogen-bond donors (Lipinski definition) is 0. The average molecular weight is 167 g/mol. The molecule has 0 amide bonds. The van der Waals surface area contributed by atoms with Gasteiger partial charge in [0.25, 0.3) is 0 Å². The molecule has 0 atom stereocenters. The van der Waals surface area contributed by atoms with E-state index in [1.165, 1.54) is 11.9 Å². The molecule has 0 bridgehead atoms. The summed E-state index contributed by atoms with van der Waals surface area (Å²) in [5, 5.41) is 0. The zero-order chi connectivity index (χ0) is 8.70. The molecule has 0 aromatic heterocycles. The molecule has 1 aliphatic carbocycles. The standard InChI is InChI=1S/C7H12F3N/c1-3-11(2)6(4-5-6)7(8,9)10/h3-5H2,1-2H3. The first-order valence-corrected chi connectivity index (χ1v) is 3.72.